The minimum absolute atomic E-state index is 0.220. The van der Waals surface area contributed by atoms with E-state index in [1.807, 2.05) is 24.3 Å². The molecule has 0 spiro atoms. The van der Waals surface area contributed by atoms with Crippen molar-refractivity contribution >= 4 is 11.4 Å². The van der Waals surface area contributed by atoms with E-state index in [0.29, 0.717) is 5.69 Å². The molecule has 0 aliphatic heterocycles. The molecule has 86 valence electrons. The van der Waals surface area contributed by atoms with Crippen LogP contribution in [0.4, 0.5) is 5.69 Å². The summed E-state index contributed by atoms with van der Waals surface area (Å²) < 4.78 is 0. The van der Waals surface area contributed by atoms with Gasteiger partial charge in [-0.3, -0.25) is 10.5 Å². The number of benzene rings is 1. The molecule has 0 radical (unpaired) electrons. The smallest absolute Gasteiger partial charge is 0.237 e. The minimum atomic E-state index is -0.220. The highest BCUT2D eigenvalue weighted by Crippen LogP contribution is 2.20. The van der Waals surface area contributed by atoms with E-state index in [0.717, 1.165) is 11.3 Å². The molecule has 2 aromatic rings. The molecule has 2 N–H and O–H groups in total. The van der Waals surface area contributed by atoms with Crippen LogP contribution in [0.3, 0.4) is 0 Å². The normalized spacial score (nSPS) is 9.00. The van der Waals surface area contributed by atoms with Gasteiger partial charge in [-0.05, 0) is 18.2 Å². The summed E-state index contributed by atoms with van der Waals surface area (Å²) in [5.74, 6) is 0. The second kappa shape index (κ2) is 5.28. The van der Waals surface area contributed by atoms with Crippen molar-refractivity contribution in [1.29, 1.82) is 10.5 Å². The highest BCUT2D eigenvalue weighted by Gasteiger charge is 2.00. The molecule has 0 bridgehead atoms. The highest BCUT2D eigenvalue weighted by molar-refractivity contribution is 6.10. The lowest BCUT2D eigenvalue weighted by atomic mass is 10.1. The van der Waals surface area contributed by atoms with Crippen molar-refractivity contribution in [2.24, 2.45) is 5.10 Å². The lowest BCUT2D eigenvalue weighted by Crippen LogP contribution is -1.96. The number of rotatable bonds is 3. The number of hydrogen-bond acceptors (Lipinski definition) is 5. The third-order valence-corrected chi connectivity index (χ3v) is 2.18. The predicted octanol–water partition coefficient (Wildman–Crippen LogP) is 1.89. The van der Waals surface area contributed by atoms with E-state index in [2.05, 4.69) is 20.7 Å². The summed E-state index contributed by atoms with van der Waals surface area (Å²) in [6.45, 7) is 0. The largest absolute Gasteiger partial charge is 0.278 e. The van der Waals surface area contributed by atoms with Gasteiger partial charge in [-0.15, -0.1) is 0 Å². The maximum Gasteiger partial charge on any atom is 0.237 e. The number of hydrazone groups is 1. The third-order valence-electron chi connectivity index (χ3n) is 2.18. The predicted molar refractivity (Wildman–Crippen MR) is 66.3 cm³/mol. The van der Waals surface area contributed by atoms with Crippen molar-refractivity contribution in [2.45, 2.75) is 0 Å². The van der Waals surface area contributed by atoms with Crippen LogP contribution in [0.5, 0.6) is 0 Å². The molecule has 0 fully saturated rings. The zero-order valence-electron chi connectivity index (χ0n) is 9.25. The molecule has 6 heteroatoms. The van der Waals surface area contributed by atoms with E-state index in [9.17, 15) is 0 Å². The van der Waals surface area contributed by atoms with Crippen LogP contribution in [-0.2, 0) is 0 Å². The van der Waals surface area contributed by atoms with Crippen LogP contribution in [0, 0.1) is 22.7 Å². The molecule has 0 unspecified atom stereocenters. The Morgan fingerprint density at radius 3 is 2.78 bits per heavy atom. The number of aromatic amines is 1. The van der Waals surface area contributed by atoms with Gasteiger partial charge in [0.15, 0.2) is 0 Å². The number of anilines is 1. The average Bonchev–Trinajstić information content (AvgIpc) is 2.94. The van der Waals surface area contributed by atoms with Crippen LogP contribution >= 0.6 is 0 Å². The standard InChI is InChI=1S/C12H8N6/c13-7-11(8-14)17-16-10-3-1-2-9(6-10)12-4-5-15-18-12/h1-6,16H,(H,15,18). The van der Waals surface area contributed by atoms with Crippen molar-refractivity contribution in [2.75, 3.05) is 5.43 Å². The lowest BCUT2D eigenvalue weighted by Gasteiger charge is -2.02. The number of hydrogen-bond donors (Lipinski definition) is 2. The van der Waals surface area contributed by atoms with E-state index in [1.54, 1.807) is 24.4 Å². The minimum Gasteiger partial charge on any atom is -0.278 e. The highest BCUT2D eigenvalue weighted by atomic mass is 15.3. The van der Waals surface area contributed by atoms with Gasteiger partial charge in [-0.1, -0.05) is 12.1 Å². The van der Waals surface area contributed by atoms with E-state index in [1.165, 1.54) is 0 Å². The van der Waals surface area contributed by atoms with Gasteiger partial charge in [0.1, 0.15) is 12.1 Å². The first-order chi connectivity index (χ1) is 8.83. The number of aromatic nitrogens is 2. The Morgan fingerprint density at radius 2 is 2.11 bits per heavy atom. The zero-order chi connectivity index (χ0) is 12.8. The molecule has 1 aromatic heterocycles. The summed E-state index contributed by atoms with van der Waals surface area (Å²) in [6, 6.07) is 12.6. The third kappa shape index (κ3) is 2.52. The molecule has 0 aliphatic carbocycles. The number of nitrogens with one attached hydrogen (secondary N) is 2. The van der Waals surface area contributed by atoms with Gasteiger partial charge < -0.3 is 0 Å². The second-order valence-electron chi connectivity index (χ2n) is 3.35. The van der Waals surface area contributed by atoms with Crippen molar-refractivity contribution in [3.63, 3.8) is 0 Å². The zero-order valence-corrected chi connectivity index (χ0v) is 9.25. The molecule has 1 heterocycles. The molecule has 0 amide bonds. The Hall–Kier alpha value is -3.12. The van der Waals surface area contributed by atoms with E-state index >= 15 is 0 Å². The maximum atomic E-state index is 8.55. The van der Waals surface area contributed by atoms with Crippen molar-refractivity contribution in [3.8, 4) is 23.4 Å². The van der Waals surface area contributed by atoms with Crippen LogP contribution in [0.15, 0.2) is 41.6 Å². The molecular weight excluding hydrogens is 228 g/mol. The van der Waals surface area contributed by atoms with E-state index < -0.39 is 0 Å². The first-order valence-corrected chi connectivity index (χ1v) is 5.07. The Balaban J connectivity index is 2.22. The maximum absolute atomic E-state index is 8.55. The molecule has 0 aliphatic rings. The van der Waals surface area contributed by atoms with Crippen molar-refractivity contribution < 1.29 is 0 Å². The quantitative estimate of drug-likeness (QED) is 0.627. The molecule has 0 saturated carbocycles. The fraction of sp³-hybridized carbons (Fsp3) is 0. The van der Waals surface area contributed by atoms with Crippen molar-refractivity contribution in [1.82, 2.24) is 10.2 Å². The SMILES string of the molecule is N#CC(C#N)=NNc1cccc(-c2ccn[nH]2)c1. The summed E-state index contributed by atoms with van der Waals surface area (Å²) in [4.78, 5) is 0. The summed E-state index contributed by atoms with van der Waals surface area (Å²) >= 11 is 0. The van der Waals surface area contributed by atoms with E-state index in [4.69, 9.17) is 10.5 Å². The molecule has 0 saturated heterocycles. The summed E-state index contributed by atoms with van der Waals surface area (Å²) in [6.07, 6.45) is 1.66. The summed E-state index contributed by atoms with van der Waals surface area (Å²) in [7, 11) is 0. The number of H-pyrrole nitrogens is 1. The molecule has 2 rings (SSSR count). The Labute approximate surface area is 103 Å². The second-order valence-corrected chi connectivity index (χ2v) is 3.35. The summed E-state index contributed by atoms with van der Waals surface area (Å²) in [5, 5.41) is 27.5. The van der Waals surface area contributed by atoms with Gasteiger partial charge in [0.25, 0.3) is 0 Å². The first kappa shape index (κ1) is 11.4. The number of nitriles is 2. The van der Waals surface area contributed by atoms with Crippen molar-refractivity contribution in [3.05, 3.63) is 36.5 Å². The van der Waals surface area contributed by atoms with Gasteiger partial charge in [0, 0.05) is 11.8 Å². The first-order valence-electron chi connectivity index (χ1n) is 5.07. The summed E-state index contributed by atoms with van der Waals surface area (Å²) in [5.41, 5.74) is 4.93. The molecule has 0 atom stereocenters. The number of nitrogens with zero attached hydrogens (tertiary/aromatic N) is 4. The monoisotopic (exact) mass is 236 g/mol. The fourth-order valence-electron chi connectivity index (χ4n) is 1.37. The Morgan fingerprint density at radius 1 is 1.28 bits per heavy atom. The van der Waals surface area contributed by atoms with Crippen LogP contribution in [0.25, 0.3) is 11.3 Å². The lowest BCUT2D eigenvalue weighted by molar-refractivity contribution is 1.10. The van der Waals surface area contributed by atoms with E-state index in [-0.39, 0.29) is 5.71 Å². The molecule has 6 nitrogen and oxygen atoms in total. The van der Waals surface area contributed by atoms with Crippen LogP contribution in [0.2, 0.25) is 0 Å². The van der Waals surface area contributed by atoms with Crippen LogP contribution in [0.1, 0.15) is 0 Å². The molecule has 1 aromatic carbocycles. The molecule has 18 heavy (non-hydrogen) atoms. The van der Waals surface area contributed by atoms with Crippen LogP contribution < -0.4 is 5.43 Å². The molecular formula is C12H8N6. The topological polar surface area (TPSA) is 101 Å². The Bertz CT molecular complexity index is 626. The van der Waals surface area contributed by atoms with Crippen LogP contribution in [-0.4, -0.2) is 15.9 Å². The average molecular weight is 236 g/mol. The van der Waals surface area contributed by atoms with Gasteiger partial charge in [-0.2, -0.15) is 20.7 Å². The van der Waals surface area contributed by atoms with Gasteiger partial charge in [-0.25, -0.2) is 0 Å². The van der Waals surface area contributed by atoms with Gasteiger partial charge >= 0.3 is 0 Å². The fourth-order valence-corrected chi connectivity index (χ4v) is 1.37. The van der Waals surface area contributed by atoms with Gasteiger partial charge in [0.05, 0.1) is 11.4 Å². The Kier molecular flexibility index (Phi) is 3.34. The van der Waals surface area contributed by atoms with Gasteiger partial charge in [0.2, 0.25) is 5.71 Å².